The number of alkyl halides is 6. The molecule has 0 spiro atoms. The molecular formula is C14H8F6S4. The van der Waals surface area contributed by atoms with E-state index >= 15 is 0 Å². The molecule has 0 fully saturated rings. The molecule has 0 nitrogen and oxygen atoms in total. The molecule has 0 aliphatic heterocycles. The first-order valence-corrected chi connectivity index (χ1v) is 11.0. The van der Waals surface area contributed by atoms with Crippen molar-refractivity contribution in [2.75, 3.05) is 0 Å². The van der Waals surface area contributed by atoms with Crippen LogP contribution in [-0.4, -0.2) is 0 Å². The maximum Gasteiger partial charge on any atom is 0.416 e. The molecule has 0 radical (unpaired) electrons. The Labute approximate surface area is 149 Å². The van der Waals surface area contributed by atoms with E-state index in [9.17, 15) is 26.3 Å². The van der Waals surface area contributed by atoms with Crippen LogP contribution in [0.15, 0.2) is 58.3 Å². The molecule has 0 N–H and O–H groups in total. The maximum atomic E-state index is 12.6. The lowest BCUT2D eigenvalue weighted by molar-refractivity contribution is -0.138. The van der Waals surface area contributed by atoms with E-state index in [1.807, 2.05) is 0 Å². The third kappa shape index (κ3) is 6.05. The summed E-state index contributed by atoms with van der Waals surface area (Å²) in [5, 5.41) is 0. The average molecular weight is 418 g/mol. The van der Waals surface area contributed by atoms with Gasteiger partial charge in [-0.1, -0.05) is 12.1 Å². The van der Waals surface area contributed by atoms with Crippen molar-refractivity contribution in [3.05, 3.63) is 59.7 Å². The van der Waals surface area contributed by atoms with Crippen LogP contribution in [0.3, 0.4) is 0 Å². The molecule has 0 amide bonds. The van der Waals surface area contributed by atoms with Crippen molar-refractivity contribution in [3.8, 4) is 0 Å². The second kappa shape index (κ2) is 8.20. The first-order chi connectivity index (χ1) is 11.2. The van der Waals surface area contributed by atoms with E-state index in [0.717, 1.165) is 45.9 Å². The Balaban J connectivity index is 1.88. The van der Waals surface area contributed by atoms with E-state index < -0.39 is 23.5 Å². The summed E-state index contributed by atoms with van der Waals surface area (Å²) in [5.41, 5.74) is -1.47. The molecule has 0 saturated heterocycles. The second-order valence-corrected chi connectivity index (χ2v) is 10.2. The molecule has 2 aromatic rings. The molecule has 10 heteroatoms. The van der Waals surface area contributed by atoms with E-state index in [1.54, 1.807) is 12.1 Å². The van der Waals surface area contributed by atoms with Crippen LogP contribution in [0.1, 0.15) is 11.1 Å². The van der Waals surface area contributed by atoms with Crippen molar-refractivity contribution < 1.29 is 26.3 Å². The van der Waals surface area contributed by atoms with Crippen LogP contribution < -0.4 is 0 Å². The number of hydrogen-bond acceptors (Lipinski definition) is 4. The predicted octanol–water partition coefficient (Wildman–Crippen LogP) is 7.82. The highest BCUT2D eigenvalue weighted by molar-refractivity contribution is 9.26. The van der Waals surface area contributed by atoms with Gasteiger partial charge in [0.2, 0.25) is 0 Å². The van der Waals surface area contributed by atoms with E-state index in [4.69, 9.17) is 0 Å². The topological polar surface area (TPSA) is 0 Å². The van der Waals surface area contributed by atoms with Crippen molar-refractivity contribution in [1.29, 1.82) is 0 Å². The fourth-order valence-corrected chi connectivity index (χ4v) is 7.06. The predicted molar refractivity (Wildman–Crippen MR) is 89.8 cm³/mol. The van der Waals surface area contributed by atoms with Crippen LogP contribution in [0.25, 0.3) is 0 Å². The molecule has 0 unspecified atom stereocenters. The lowest BCUT2D eigenvalue weighted by atomic mass is 10.2. The summed E-state index contributed by atoms with van der Waals surface area (Å²) in [4.78, 5) is 0.846. The van der Waals surface area contributed by atoms with E-state index in [2.05, 4.69) is 0 Å². The van der Waals surface area contributed by atoms with E-state index in [0.29, 0.717) is 9.79 Å². The van der Waals surface area contributed by atoms with Gasteiger partial charge in [0.1, 0.15) is 0 Å². The number of hydrogen-bond donors (Lipinski definition) is 0. The lowest BCUT2D eigenvalue weighted by Crippen LogP contribution is -2.04. The van der Waals surface area contributed by atoms with Crippen LogP contribution in [0.2, 0.25) is 0 Å². The monoisotopic (exact) mass is 418 g/mol. The van der Waals surface area contributed by atoms with Gasteiger partial charge in [-0.2, -0.15) is 26.3 Å². The summed E-state index contributed by atoms with van der Waals surface area (Å²) in [7, 11) is 4.60. The highest BCUT2D eigenvalue weighted by Gasteiger charge is 2.31. The standard InChI is InChI=1S/C14H8F6S4/c15-13(16,17)9-3-1-5-11(7-9)21-23-24-22-12-6-2-4-10(8-12)14(18,19)20/h1-8H. The Morgan fingerprint density at radius 1 is 0.583 bits per heavy atom. The minimum Gasteiger partial charge on any atom is -0.166 e. The average Bonchev–Trinajstić information content (AvgIpc) is 2.51. The molecule has 0 aromatic heterocycles. The summed E-state index contributed by atoms with van der Waals surface area (Å²) in [6, 6.07) is 9.76. The Bertz CT molecular complexity index is 624. The van der Waals surface area contributed by atoms with Gasteiger partial charge >= 0.3 is 12.4 Å². The maximum absolute atomic E-state index is 12.6. The zero-order valence-corrected chi connectivity index (χ0v) is 14.8. The number of halogens is 6. The molecule has 0 saturated carbocycles. The first-order valence-electron chi connectivity index (χ1n) is 6.18. The van der Waals surface area contributed by atoms with Gasteiger partial charge in [0.15, 0.2) is 0 Å². The SMILES string of the molecule is FC(F)(F)c1cccc(SSSSc2cccc(C(F)(F)F)c2)c1. The fraction of sp³-hybridized carbons (Fsp3) is 0.143. The minimum atomic E-state index is -4.40. The minimum absolute atomic E-state index is 0.423. The van der Waals surface area contributed by atoms with Gasteiger partial charge in [0, 0.05) is 9.79 Å². The van der Waals surface area contributed by atoms with Gasteiger partial charge in [-0.3, -0.25) is 0 Å². The van der Waals surface area contributed by atoms with Crippen molar-refractivity contribution in [2.45, 2.75) is 22.1 Å². The summed E-state index contributed by atoms with van der Waals surface area (Å²) in [5.74, 6) is 0. The largest absolute Gasteiger partial charge is 0.416 e. The van der Waals surface area contributed by atoms with Crippen LogP contribution in [0, 0.1) is 0 Å². The summed E-state index contributed by atoms with van der Waals surface area (Å²) in [6.07, 6.45) is -8.80. The van der Waals surface area contributed by atoms with Crippen molar-refractivity contribution in [3.63, 3.8) is 0 Å². The highest BCUT2D eigenvalue weighted by Crippen LogP contribution is 2.50. The Morgan fingerprint density at radius 2 is 0.958 bits per heavy atom. The third-order valence-corrected chi connectivity index (χ3v) is 8.65. The van der Waals surface area contributed by atoms with Gasteiger partial charge in [-0.05, 0) is 77.6 Å². The first kappa shape index (κ1) is 19.7. The van der Waals surface area contributed by atoms with Crippen molar-refractivity contribution in [2.24, 2.45) is 0 Å². The van der Waals surface area contributed by atoms with Crippen LogP contribution in [-0.2, 0) is 12.4 Å². The third-order valence-electron chi connectivity index (χ3n) is 2.61. The smallest absolute Gasteiger partial charge is 0.166 e. The highest BCUT2D eigenvalue weighted by atomic mass is 33.7. The molecular weight excluding hydrogens is 410 g/mol. The molecule has 0 bridgehead atoms. The number of rotatable bonds is 5. The molecule has 0 atom stereocenters. The number of benzene rings is 2. The van der Waals surface area contributed by atoms with Crippen LogP contribution in [0.5, 0.6) is 0 Å². The van der Waals surface area contributed by atoms with Gasteiger partial charge in [0.05, 0.1) is 11.1 Å². The summed E-state index contributed by atoms with van der Waals surface area (Å²) in [6.45, 7) is 0. The Kier molecular flexibility index (Phi) is 6.74. The zero-order valence-electron chi connectivity index (χ0n) is 11.5. The van der Waals surface area contributed by atoms with Crippen LogP contribution >= 0.6 is 41.2 Å². The zero-order chi connectivity index (χ0) is 17.8. The Hall–Kier alpha value is -0.580. The molecule has 0 aliphatic rings. The summed E-state index contributed by atoms with van der Waals surface area (Å²) < 4.78 is 75.6. The van der Waals surface area contributed by atoms with Crippen molar-refractivity contribution in [1.82, 2.24) is 0 Å². The normalized spacial score (nSPS) is 12.4. The molecule has 2 rings (SSSR count). The lowest BCUT2D eigenvalue weighted by Gasteiger charge is -2.08. The molecule has 130 valence electrons. The summed E-state index contributed by atoms with van der Waals surface area (Å²) >= 11 is 0. The van der Waals surface area contributed by atoms with E-state index in [-0.39, 0.29) is 0 Å². The van der Waals surface area contributed by atoms with E-state index in [1.165, 1.54) is 31.8 Å². The van der Waals surface area contributed by atoms with Crippen LogP contribution in [0.4, 0.5) is 26.3 Å². The molecule has 2 aromatic carbocycles. The van der Waals surface area contributed by atoms with Gasteiger partial charge < -0.3 is 0 Å². The van der Waals surface area contributed by atoms with Crippen molar-refractivity contribution >= 4 is 41.2 Å². The van der Waals surface area contributed by atoms with Gasteiger partial charge in [0.25, 0.3) is 0 Å². The molecule has 24 heavy (non-hydrogen) atoms. The quantitative estimate of drug-likeness (QED) is 0.276. The Morgan fingerprint density at radius 3 is 1.29 bits per heavy atom. The fourth-order valence-electron chi connectivity index (χ4n) is 1.55. The van der Waals surface area contributed by atoms with Gasteiger partial charge in [-0.15, -0.1) is 0 Å². The molecule has 0 aliphatic carbocycles. The molecule has 0 heterocycles. The van der Waals surface area contributed by atoms with Gasteiger partial charge in [-0.25, -0.2) is 0 Å². The second-order valence-electron chi connectivity index (χ2n) is 4.35.